The molecule has 1 aromatic heterocycles. The molecule has 3 rings (SSSR count). The lowest BCUT2D eigenvalue weighted by molar-refractivity contribution is -0.134. The Hall–Kier alpha value is -2.31. The fraction of sp³-hybridized carbons (Fsp3) is 0.400. The van der Waals surface area contributed by atoms with Crippen LogP contribution in [0.2, 0.25) is 0 Å². The lowest BCUT2D eigenvalue weighted by atomic mass is 10.0. The molecule has 0 spiro atoms. The van der Waals surface area contributed by atoms with Crippen molar-refractivity contribution in [3.05, 3.63) is 54.4 Å². The van der Waals surface area contributed by atoms with Crippen molar-refractivity contribution in [1.82, 2.24) is 15.2 Å². The van der Waals surface area contributed by atoms with Gasteiger partial charge in [0.1, 0.15) is 11.5 Å². The van der Waals surface area contributed by atoms with Crippen molar-refractivity contribution in [1.29, 1.82) is 0 Å². The Kier molecular flexibility index (Phi) is 8.36. The van der Waals surface area contributed by atoms with Crippen molar-refractivity contribution in [3.63, 3.8) is 0 Å². The van der Waals surface area contributed by atoms with Gasteiger partial charge in [0.15, 0.2) is 0 Å². The van der Waals surface area contributed by atoms with Crippen molar-refractivity contribution in [2.24, 2.45) is 0 Å². The first-order valence-electron chi connectivity index (χ1n) is 8.95. The first-order chi connectivity index (χ1) is 12.8. The van der Waals surface area contributed by atoms with E-state index in [2.05, 4.69) is 10.3 Å². The number of rotatable bonds is 7. The summed E-state index contributed by atoms with van der Waals surface area (Å²) in [5, 5.41) is 3.36. The number of nitrogens with zero attached hydrogens (tertiary/aromatic N) is 2. The molecule has 7 heteroatoms. The average Bonchev–Trinajstić information content (AvgIpc) is 2.72. The number of carbonyl (C=O) groups is 1. The molecule has 1 fully saturated rings. The van der Waals surface area contributed by atoms with Gasteiger partial charge in [0.2, 0.25) is 5.91 Å². The third kappa shape index (κ3) is 5.84. The number of methoxy groups -OCH3 is 1. The summed E-state index contributed by atoms with van der Waals surface area (Å²) in [7, 11) is 1.64. The Labute approximate surface area is 166 Å². The minimum absolute atomic E-state index is 0. The van der Waals surface area contributed by atoms with E-state index in [4.69, 9.17) is 9.47 Å². The highest BCUT2D eigenvalue weighted by Gasteiger charge is 2.27. The van der Waals surface area contributed by atoms with Gasteiger partial charge in [0, 0.05) is 38.4 Å². The van der Waals surface area contributed by atoms with Crippen molar-refractivity contribution < 1.29 is 14.3 Å². The minimum atomic E-state index is 0. The van der Waals surface area contributed by atoms with Gasteiger partial charge in [-0.1, -0.05) is 6.07 Å². The van der Waals surface area contributed by atoms with Gasteiger partial charge in [0.05, 0.1) is 19.8 Å². The van der Waals surface area contributed by atoms with Crippen LogP contribution in [0.1, 0.15) is 24.4 Å². The highest BCUT2D eigenvalue weighted by atomic mass is 35.5. The summed E-state index contributed by atoms with van der Waals surface area (Å²) in [5.74, 6) is 1.75. The fourth-order valence-corrected chi connectivity index (χ4v) is 3.10. The Balaban J connectivity index is 0.00000261. The van der Waals surface area contributed by atoms with E-state index in [-0.39, 0.29) is 24.4 Å². The lowest BCUT2D eigenvalue weighted by Crippen LogP contribution is -2.48. The van der Waals surface area contributed by atoms with Crippen LogP contribution in [-0.2, 0) is 4.79 Å². The molecular weight excluding hydrogens is 366 g/mol. The molecule has 27 heavy (non-hydrogen) atoms. The van der Waals surface area contributed by atoms with Gasteiger partial charge in [0.25, 0.3) is 0 Å². The van der Waals surface area contributed by atoms with Gasteiger partial charge in [-0.25, -0.2) is 0 Å². The first kappa shape index (κ1) is 21.0. The Morgan fingerprint density at radius 2 is 2.04 bits per heavy atom. The molecule has 1 N–H and O–H groups in total. The molecule has 2 aromatic rings. The number of aromatic nitrogens is 1. The summed E-state index contributed by atoms with van der Waals surface area (Å²) in [4.78, 5) is 18.8. The van der Waals surface area contributed by atoms with E-state index in [0.29, 0.717) is 19.4 Å². The fourth-order valence-electron chi connectivity index (χ4n) is 3.10. The van der Waals surface area contributed by atoms with E-state index in [1.807, 2.05) is 47.5 Å². The number of amides is 1. The molecular formula is C20H26ClN3O3. The van der Waals surface area contributed by atoms with Crippen molar-refractivity contribution >= 4 is 18.3 Å². The van der Waals surface area contributed by atoms with E-state index in [9.17, 15) is 4.79 Å². The number of hydrogen-bond acceptors (Lipinski definition) is 5. The summed E-state index contributed by atoms with van der Waals surface area (Å²) < 4.78 is 10.8. The second kappa shape index (κ2) is 10.7. The third-order valence-corrected chi connectivity index (χ3v) is 4.50. The standard InChI is InChI=1S/C20H25N3O3.ClH/c1-25-17-6-8-18(9-7-17)26-13-3-5-20(24)23-12-11-22-15-19(23)16-4-2-10-21-14-16;/h2,4,6-10,14,19,22H,3,5,11-13,15H2,1H3;1H. The highest BCUT2D eigenvalue weighted by Crippen LogP contribution is 2.22. The molecule has 1 amide bonds. The number of pyridine rings is 1. The zero-order valence-electron chi connectivity index (χ0n) is 15.5. The van der Waals surface area contributed by atoms with E-state index >= 15 is 0 Å². The molecule has 1 aliphatic heterocycles. The van der Waals surface area contributed by atoms with Crippen LogP contribution in [0.15, 0.2) is 48.8 Å². The van der Waals surface area contributed by atoms with Gasteiger partial charge < -0.3 is 19.7 Å². The van der Waals surface area contributed by atoms with Gasteiger partial charge in [-0.15, -0.1) is 12.4 Å². The molecule has 6 nitrogen and oxygen atoms in total. The Morgan fingerprint density at radius 1 is 1.26 bits per heavy atom. The van der Waals surface area contributed by atoms with E-state index in [1.165, 1.54) is 0 Å². The number of carbonyl (C=O) groups excluding carboxylic acids is 1. The van der Waals surface area contributed by atoms with Gasteiger partial charge >= 0.3 is 0 Å². The van der Waals surface area contributed by atoms with E-state index < -0.39 is 0 Å². The predicted molar refractivity (Wildman–Crippen MR) is 107 cm³/mol. The van der Waals surface area contributed by atoms with Crippen LogP contribution >= 0.6 is 12.4 Å². The molecule has 1 saturated heterocycles. The smallest absolute Gasteiger partial charge is 0.223 e. The topological polar surface area (TPSA) is 63.7 Å². The second-order valence-corrected chi connectivity index (χ2v) is 6.22. The van der Waals surface area contributed by atoms with Crippen LogP contribution in [0.5, 0.6) is 11.5 Å². The molecule has 1 aromatic carbocycles. The zero-order valence-corrected chi connectivity index (χ0v) is 16.3. The van der Waals surface area contributed by atoms with Crippen molar-refractivity contribution in [2.45, 2.75) is 18.9 Å². The maximum atomic E-state index is 12.7. The quantitative estimate of drug-likeness (QED) is 0.735. The predicted octanol–water partition coefficient (Wildman–Crippen LogP) is 2.84. The summed E-state index contributed by atoms with van der Waals surface area (Å²) in [6, 6.07) is 11.4. The molecule has 1 unspecified atom stereocenters. The Bertz CT molecular complexity index is 697. The molecule has 0 bridgehead atoms. The molecule has 0 saturated carbocycles. The largest absolute Gasteiger partial charge is 0.497 e. The first-order valence-corrected chi connectivity index (χ1v) is 8.95. The molecule has 0 radical (unpaired) electrons. The highest BCUT2D eigenvalue weighted by molar-refractivity contribution is 5.85. The number of piperazine rings is 1. The van der Waals surface area contributed by atoms with E-state index in [1.54, 1.807) is 13.3 Å². The van der Waals surface area contributed by atoms with Crippen LogP contribution in [0.3, 0.4) is 0 Å². The number of halogens is 1. The maximum absolute atomic E-state index is 12.7. The van der Waals surface area contributed by atoms with Crippen molar-refractivity contribution in [3.8, 4) is 11.5 Å². The lowest BCUT2D eigenvalue weighted by Gasteiger charge is -2.36. The molecule has 0 aliphatic carbocycles. The maximum Gasteiger partial charge on any atom is 0.223 e. The van der Waals surface area contributed by atoms with Crippen LogP contribution in [-0.4, -0.2) is 49.1 Å². The molecule has 1 aliphatic rings. The van der Waals surface area contributed by atoms with Crippen LogP contribution < -0.4 is 14.8 Å². The van der Waals surface area contributed by atoms with Crippen LogP contribution in [0.4, 0.5) is 0 Å². The summed E-state index contributed by atoms with van der Waals surface area (Å²) in [5.41, 5.74) is 1.07. The third-order valence-electron chi connectivity index (χ3n) is 4.50. The van der Waals surface area contributed by atoms with Crippen LogP contribution in [0, 0.1) is 0 Å². The molecule has 1 atom stereocenters. The van der Waals surface area contributed by atoms with Gasteiger partial charge in [-0.05, 0) is 42.3 Å². The second-order valence-electron chi connectivity index (χ2n) is 6.22. The summed E-state index contributed by atoms with van der Waals surface area (Å²) >= 11 is 0. The normalized spacial score (nSPS) is 16.3. The summed E-state index contributed by atoms with van der Waals surface area (Å²) in [6.45, 7) is 2.82. The Morgan fingerprint density at radius 3 is 2.74 bits per heavy atom. The zero-order chi connectivity index (χ0) is 18.2. The SMILES string of the molecule is COc1ccc(OCCCC(=O)N2CCNCC2c2cccnc2)cc1.Cl. The van der Waals surface area contributed by atoms with E-state index in [0.717, 1.165) is 36.7 Å². The minimum Gasteiger partial charge on any atom is -0.497 e. The molecule has 146 valence electrons. The monoisotopic (exact) mass is 391 g/mol. The number of nitrogens with one attached hydrogen (secondary N) is 1. The van der Waals surface area contributed by atoms with Crippen LogP contribution in [0.25, 0.3) is 0 Å². The van der Waals surface area contributed by atoms with Gasteiger partial charge in [-0.2, -0.15) is 0 Å². The summed E-state index contributed by atoms with van der Waals surface area (Å²) in [6.07, 6.45) is 4.76. The van der Waals surface area contributed by atoms with Gasteiger partial charge in [-0.3, -0.25) is 9.78 Å². The van der Waals surface area contributed by atoms with Crippen molar-refractivity contribution in [2.75, 3.05) is 33.4 Å². The number of hydrogen-bond donors (Lipinski definition) is 1. The molecule has 2 heterocycles. The number of benzene rings is 1. The average molecular weight is 392 g/mol. The number of ether oxygens (including phenoxy) is 2.